The smallest absolute Gasteiger partial charge is 0.174 e. The van der Waals surface area contributed by atoms with Crippen molar-refractivity contribution in [2.75, 3.05) is 0 Å². The Hall–Kier alpha value is -3.41. The predicted octanol–water partition coefficient (Wildman–Crippen LogP) is 3.31. The summed E-state index contributed by atoms with van der Waals surface area (Å²) >= 11 is 0. The molecule has 0 aliphatic rings. The van der Waals surface area contributed by atoms with Crippen molar-refractivity contribution in [1.29, 1.82) is 0 Å². The Morgan fingerprint density at radius 2 is 1.78 bits per heavy atom. The lowest BCUT2D eigenvalue weighted by Crippen LogP contribution is -1.94. The van der Waals surface area contributed by atoms with Crippen LogP contribution in [0.4, 0.5) is 5.82 Å². The van der Waals surface area contributed by atoms with Crippen molar-refractivity contribution in [3.05, 3.63) is 54.7 Å². The van der Waals surface area contributed by atoms with Crippen LogP contribution in [0, 0.1) is 0 Å². The van der Waals surface area contributed by atoms with Gasteiger partial charge < -0.3 is 10.1 Å². The molecule has 0 atom stereocenters. The third kappa shape index (κ3) is 2.26. The maximum Gasteiger partial charge on any atom is 0.174 e. The standard InChI is InChI=1S/C17H12N5O/c18-16-15(17-21-11-7-4-8-13(23)14(11)22-17)20-12(9-19-16)10-5-2-1-3-6-10/h1-9,18,23H,(H,21,22). The average Bonchev–Trinajstić information content (AvgIpc) is 3.01. The predicted molar refractivity (Wildman–Crippen MR) is 87.0 cm³/mol. The van der Waals surface area contributed by atoms with Crippen LogP contribution in [0.5, 0.6) is 5.75 Å². The molecule has 0 saturated heterocycles. The molecule has 0 aliphatic carbocycles. The normalized spacial score (nSPS) is 11.0. The number of benzene rings is 2. The maximum atomic E-state index is 9.87. The number of para-hydroxylation sites is 1. The lowest BCUT2D eigenvalue weighted by molar-refractivity contribution is 0.480. The van der Waals surface area contributed by atoms with Gasteiger partial charge in [-0.1, -0.05) is 36.4 Å². The number of fused-ring (bicyclic) bond motifs is 1. The van der Waals surface area contributed by atoms with Crippen LogP contribution in [0.25, 0.3) is 33.8 Å². The molecule has 2 aromatic heterocycles. The second kappa shape index (κ2) is 5.10. The fraction of sp³-hybridized carbons (Fsp3) is 0. The van der Waals surface area contributed by atoms with Crippen LogP contribution in [-0.4, -0.2) is 25.0 Å². The monoisotopic (exact) mass is 302 g/mol. The number of phenols is 1. The minimum absolute atomic E-state index is 0.0308. The number of rotatable bonds is 2. The molecular weight excluding hydrogens is 290 g/mol. The lowest BCUT2D eigenvalue weighted by atomic mass is 10.1. The first-order valence-electron chi connectivity index (χ1n) is 7.04. The Bertz CT molecular complexity index is 994. The number of hydrogen-bond donors (Lipinski definition) is 2. The first kappa shape index (κ1) is 13.3. The van der Waals surface area contributed by atoms with Crippen LogP contribution in [0.2, 0.25) is 0 Å². The van der Waals surface area contributed by atoms with Crippen LogP contribution in [0.1, 0.15) is 0 Å². The van der Waals surface area contributed by atoms with E-state index in [1.165, 1.54) is 0 Å². The summed E-state index contributed by atoms with van der Waals surface area (Å²) in [6.07, 6.45) is 1.57. The van der Waals surface area contributed by atoms with E-state index >= 15 is 0 Å². The van der Waals surface area contributed by atoms with Gasteiger partial charge in [-0.3, -0.25) is 5.73 Å². The quantitative estimate of drug-likeness (QED) is 0.593. The Morgan fingerprint density at radius 1 is 0.957 bits per heavy atom. The molecule has 1 radical (unpaired) electrons. The van der Waals surface area contributed by atoms with Crippen molar-refractivity contribution < 1.29 is 5.11 Å². The molecule has 2 aromatic carbocycles. The highest BCUT2D eigenvalue weighted by Crippen LogP contribution is 2.29. The molecule has 6 heteroatoms. The molecule has 6 nitrogen and oxygen atoms in total. The summed E-state index contributed by atoms with van der Waals surface area (Å²) in [4.78, 5) is 16.0. The molecule has 0 saturated carbocycles. The van der Waals surface area contributed by atoms with Gasteiger partial charge in [0.2, 0.25) is 0 Å². The first-order chi connectivity index (χ1) is 11.2. The Labute approximate surface area is 131 Å². The van der Waals surface area contributed by atoms with Crippen LogP contribution in [0.3, 0.4) is 0 Å². The molecule has 3 N–H and O–H groups in total. The molecule has 0 spiro atoms. The number of nitrogens with one attached hydrogen (secondary N) is 2. The second-order valence-electron chi connectivity index (χ2n) is 5.08. The topological polar surface area (TPSA) is 98.5 Å². The van der Waals surface area contributed by atoms with Gasteiger partial charge in [-0.25, -0.2) is 15.0 Å². The van der Waals surface area contributed by atoms with E-state index in [1.54, 1.807) is 18.3 Å². The van der Waals surface area contributed by atoms with E-state index in [2.05, 4.69) is 19.9 Å². The van der Waals surface area contributed by atoms with Crippen LogP contribution in [0.15, 0.2) is 54.7 Å². The number of nitrogens with zero attached hydrogens (tertiary/aromatic N) is 3. The van der Waals surface area contributed by atoms with Gasteiger partial charge in [0.15, 0.2) is 17.3 Å². The summed E-state index contributed by atoms with van der Waals surface area (Å²) in [6.45, 7) is 0. The number of aromatic amines is 1. The number of aromatic nitrogens is 4. The average molecular weight is 302 g/mol. The highest BCUT2D eigenvalue weighted by molar-refractivity contribution is 5.85. The Morgan fingerprint density at radius 3 is 2.57 bits per heavy atom. The van der Waals surface area contributed by atoms with Crippen molar-refractivity contribution in [2.24, 2.45) is 0 Å². The number of aromatic hydroxyl groups is 1. The summed E-state index contributed by atoms with van der Waals surface area (Å²) < 4.78 is 0. The van der Waals surface area contributed by atoms with E-state index in [1.807, 2.05) is 36.4 Å². The largest absolute Gasteiger partial charge is 0.506 e. The van der Waals surface area contributed by atoms with E-state index in [4.69, 9.17) is 5.73 Å². The van der Waals surface area contributed by atoms with E-state index in [0.29, 0.717) is 28.2 Å². The molecule has 0 bridgehead atoms. The van der Waals surface area contributed by atoms with Crippen LogP contribution in [-0.2, 0) is 0 Å². The van der Waals surface area contributed by atoms with Gasteiger partial charge in [-0.2, -0.15) is 0 Å². The second-order valence-corrected chi connectivity index (χ2v) is 5.08. The number of imidazole rings is 1. The van der Waals surface area contributed by atoms with E-state index in [-0.39, 0.29) is 11.6 Å². The summed E-state index contributed by atoms with van der Waals surface area (Å²) in [7, 11) is 0. The summed E-state index contributed by atoms with van der Waals surface area (Å²) in [5.41, 5.74) is 11.1. The third-order valence-corrected chi connectivity index (χ3v) is 3.56. The molecule has 0 aliphatic heterocycles. The van der Waals surface area contributed by atoms with Gasteiger partial charge in [0.05, 0.1) is 17.4 Å². The zero-order valence-electron chi connectivity index (χ0n) is 12.0. The Kier molecular flexibility index (Phi) is 2.94. The zero-order chi connectivity index (χ0) is 15.8. The first-order valence-corrected chi connectivity index (χ1v) is 7.04. The van der Waals surface area contributed by atoms with Gasteiger partial charge in [0.1, 0.15) is 11.3 Å². The van der Waals surface area contributed by atoms with Gasteiger partial charge in [0.25, 0.3) is 0 Å². The van der Waals surface area contributed by atoms with E-state index < -0.39 is 0 Å². The SMILES string of the molecule is [NH]c1ncc(-c2ccccc2)nc1-c1nc2c(O)cccc2[nH]1. The maximum absolute atomic E-state index is 9.87. The summed E-state index contributed by atoms with van der Waals surface area (Å²) in [5, 5.41) is 9.87. The third-order valence-electron chi connectivity index (χ3n) is 3.56. The zero-order valence-corrected chi connectivity index (χ0v) is 12.0. The van der Waals surface area contributed by atoms with Crippen LogP contribution < -0.4 is 5.73 Å². The summed E-state index contributed by atoms with van der Waals surface area (Å²) in [6, 6.07) is 14.7. The molecular formula is C17H12N5O. The lowest BCUT2D eigenvalue weighted by Gasteiger charge is -2.04. The minimum Gasteiger partial charge on any atom is -0.506 e. The van der Waals surface area contributed by atoms with Crippen molar-refractivity contribution >= 4 is 16.9 Å². The molecule has 2 heterocycles. The molecule has 4 aromatic rings. The summed E-state index contributed by atoms with van der Waals surface area (Å²) in [5.74, 6) is 0.531. The molecule has 4 rings (SSSR count). The number of phenolic OH excluding ortho intramolecular Hbond substituents is 1. The van der Waals surface area contributed by atoms with Gasteiger partial charge in [-0.05, 0) is 12.1 Å². The molecule has 0 amide bonds. The van der Waals surface area contributed by atoms with E-state index in [0.717, 1.165) is 5.56 Å². The van der Waals surface area contributed by atoms with E-state index in [9.17, 15) is 5.11 Å². The molecule has 0 fully saturated rings. The highest BCUT2D eigenvalue weighted by atomic mass is 16.3. The van der Waals surface area contributed by atoms with Crippen molar-refractivity contribution in [1.82, 2.24) is 25.7 Å². The molecule has 111 valence electrons. The van der Waals surface area contributed by atoms with Crippen molar-refractivity contribution in [2.45, 2.75) is 0 Å². The van der Waals surface area contributed by atoms with Crippen LogP contribution >= 0.6 is 0 Å². The number of H-pyrrole nitrogens is 1. The Balaban J connectivity index is 1.88. The fourth-order valence-corrected chi connectivity index (χ4v) is 2.43. The fourth-order valence-electron chi connectivity index (χ4n) is 2.43. The minimum atomic E-state index is 0.0308. The highest BCUT2D eigenvalue weighted by Gasteiger charge is 2.14. The molecule has 0 unspecified atom stereocenters. The number of hydrogen-bond acceptors (Lipinski definition) is 4. The van der Waals surface area contributed by atoms with Gasteiger partial charge in [0, 0.05) is 5.56 Å². The van der Waals surface area contributed by atoms with Gasteiger partial charge in [-0.15, -0.1) is 0 Å². The van der Waals surface area contributed by atoms with Crippen molar-refractivity contribution in [3.63, 3.8) is 0 Å². The van der Waals surface area contributed by atoms with Crippen molar-refractivity contribution in [3.8, 4) is 28.5 Å². The molecule has 23 heavy (non-hydrogen) atoms. The van der Waals surface area contributed by atoms with Gasteiger partial charge >= 0.3 is 0 Å².